The molecule has 0 spiro atoms. The molecule has 0 N–H and O–H groups in total. The number of benzene rings is 2. The highest BCUT2D eigenvalue weighted by Crippen LogP contribution is 2.39. The number of allylic oxidation sites excluding steroid dienone is 1. The average Bonchev–Trinajstić information content (AvgIpc) is 3.33. The largest absolute Gasteiger partial charge is 0.259 e. The molecule has 1 saturated carbocycles. The number of hydrogen-bond acceptors (Lipinski definition) is 2. The van der Waals surface area contributed by atoms with E-state index in [1.807, 2.05) is 42.5 Å². The molecule has 0 atom stereocenters. The lowest BCUT2D eigenvalue weighted by Gasteiger charge is -2.01. The zero-order valence-corrected chi connectivity index (χ0v) is 11.7. The van der Waals surface area contributed by atoms with E-state index in [4.69, 9.17) is 0 Å². The minimum Gasteiger partial charge on any atom is -0.259 e. The first kappa shape index (κ1) is 13.6. The Kier molecular flexibility index (Phi) is 3.82. The third-order valence-corrected chi connectivity index (χ3v) is 3.78. The van der Waals surface area contributed by atoms with E-state index in [1.54, 1.807) is 6.08 Å². The summed E-state index contributed by atoms with van der Waals surface area (Å²) in [5.41, 5.74) is 3.41. The first-order chi connectivity index (χ1) is 10.2. The lowest BCUT2D eigenvalue weighted by Crippen LogP contribution is -2.02. The summed E-state index contributed by atoms with van der Waals surface area (Å²) in [5.74, 6) is 0.710. The van der Waals surface area contributed by atoms with E-state index in [0.717, 1.165) is 11.1 Å². The van der Waals surface area contributed by atoms with Crippen LogP contribution < -0.4 is 0 Å². The molecule has 1 aliphatic rings. The van der Waals surface area contributed by atoms with Crippen LogP contribution in [0.5, 0.6) is 0 Å². The van der Waals surface area contributed by atoms with E-state index in [9.17, 15) is 10.1 Å². The Bertz CT molecular complexity index is 655. The van der Waals surface area contributed by atoms with E-state index >= 15 is 0 Å². The Labute approximate surface area is 124 Å². The van der Waals surface area contributed by atoms with Gasteiger partial charge in [-0.1, -0.05) is 54.6 Å². The highest BCUT2D eigenvalue weighted by atomic mass is 16.6. The molecular formula is C18H17NO2. The molecule has 21 heavy (non-hydrogen) atoms. The van der Waals surface area contributed by atoms with Gasteiger partial charge in [0.1, 0.15) is 0 Å². The Balaban J connectivity index is 1.80. The normalized spacial score (nSPS) is 15.0. The van der Waals surface area contributed by atoms with Gasteiger partial charge in [-0.3, -0.25) is 10.1 Å². The van der Waals surface area contributed by atoms with Gasteiger partial charge in [-0.15, -0.1) is 0 Å². The number of rotatable bonds is 5. The lowest BCUT2D eigenvalue weighted by atomic mass is 10.1. The van der Waals surface area contributed by atoms with Crippen molar-refractivity contribution in [3.63, 3.8) is 0 Å². The minimum atomic E-state index is -0.290. The van der Waals surface area contributed by atoms with Crippen molar-refractivity contribution in [2.24, 2.45) is 0 Å². The SMILES string of the molecule is O=[N+]([O-])/C(=C/c1ccc(C2CC2)cc1)Cc1ccccc1. The summed E-state index contributed by atoms with van der Waals surface area (Å²) in [5, 5.41) is 11.2. The molecule has 0 radical (unpaired) electrons. The minimum absolute atomic E-state index is 0.223. The van der Waals surface area contributed by atoms with E-state index < -0.39 is 0 Å². The van der Waals surface area contributed by atoms with Gasteiger partial charge in [0.2, 0.25) is 0 Å². The molecule has 0 amide bonds. The van der Waals surface area contributed by atoms with Gasteiger partial charge in [-0.2, -0.15) is 0 Å². The van der Waals surface area contributed by atoms with Crippen LogP contribution in [0, 0.1) is 10.1 Å². The molecule has 0 bridgehead atoms. The van der Waals surface area contributed by atoms with Crippen molar-refractivity contribution in [3.8, 4) is 0 Å². The van der Waals surface area contributed by atoms with E-state index in [-0.39, 0.29) is 10.6 Å². The summed E-state index contributed by atoms with van der Waals surface area (Å²) < 4.78 is 0. The molecule has 0 saturated heterocycles. The summed E-state index contributed by atoms with van der Waals surface area (Å²) in [6.45, 7) is 0. The predicted octanol–water partition coefficient (Wildman–Crippen LogP) is 4.42. The molecule has 3 rings (SSSR count). The van der Waals surface area contributed by atoms with Gasteiger partial charge in [-0.05, 0) is 35.4 Å². The zero-order valence-electron chi connectivity index (χ0n) is 11.7. The molecule has 1 fully saturated rings. The fraction of sp³-hybridized carbons (Fsp3) is 0.222. The van der Waals surface area contributed by atoms with Crippen LogP contribution in [0.15, 0.2) is 60.3 Å². The number of hydrogen-bond donors (Lipinski definition) is 0. The standard InChI is InChI=1S/C18H17NO2/c20-19(21)18(12-14-4-2-1-3-5-14)13-15-6-8-16(9-7-15)17-10-11-17/h1-9,13,17H,10-12H2/b18-13+. The summed E-state index contributed by atoms with van der Waals surface area (Å²) in [6.07, 6.45) is 4.55. The second-order valence-electron chi connectivity index (χ2n) is 5.50. The van der Waals surface area contributed by atoms with Crippen LogP contribution in [-0.4, -0.2) is 4.92 Å². The van der Waals surface area contributed by atoms with Gasteiger partial charge in [0.05, 0.1) is 11.3 Å². The van der Waals surface area contributed by atoms with Gasteiger partial charge in [-0.25, -0.2) is 0 Å². The fourth-order valence-electron chi connectivity index (χ4n) is 2.45. The fourth-order valence-corrected chi connectivity index (χ4v) is 2.45. The Morgan fingerprint density at radius 1 is 1.10 bits per heavy atom. The van der Waals surface area contributed by atoms with Gasteiger partial charge >= 0.3 is 0 Å². The molecule has 0 aromatic heterocycles. The maximum absolute atomic E-state index is 11.2. The van der Waals surface area contributed by atoms with Crippen molar-refractivity contribution in [2.75, 3.05) is 0 Å². The zero-order chi connectivity index (χ0) is 14.7. The van der Waals surface area contributed by atoms with E-state index in [0.29, 0.717) is 12.3 Å². The first-order valence-corrected chi connectivity index (χ1v) is 7.21. The molecule has 2 aromatic carbocycles. The van der Waals surface area contributed by atoms with Crippen LogP contribution >= 0.6 is 0 Å². The van der Waals surface area contributed by atoms with Gasteiger partial charge in [0.25, 0.3) is 5.70 Å². The van der Waals surface area contributed by atoms with Crippen molar-refractivity contribution in [1.82, 2.24) is 0 Å². The summed E-state index contributed by atoms with van der Waals surface area (Å²) in [7, 11) is 0. The van der Waals surface area contributed by atoms with Crippen LogP contribution in [-0.2, 0) is 6.42 Å². The van der Waals surface area contributed by atoms with Crippen LogP contribution in [0.25, 0.3) is 6.08 Å². The van der Waals surface area contributed by atoms with Gasteiger partial charge in [0, 0.05) is 6.08 Å². The maximum Gasteiger partial charge on any atom is 0.251 e. The van der Waals surface area contributed by atoms with Gasteiger partial charge < -0.3 is 0 Å². The first-order valence-electron chi connectivity index (χ1n) is 7.21. The topological polar surface area (TPSA) is 43.1 Å². The maximum atomic E-state index is 11.2. The smallest absolute Gasteiger partial charge is 0.251 e. The van der Waals surface area contributed by atoms with Crippen LogP contribution in [0.4, 0.5) is 0 Å². The number of nitro groups is 1. The van der Waals surface area contributed by atoms with Crippen molar-refractivity contribution in [1.29, 1.82) is 0 Å². The lowest BCUT2D eigenvalue weighted by molar-refractivity contribution is -0.425. The van der Waals surface area contributed by atoms with Crippen LogP contribution in [0.1, 0.15) is 35.4 Å². The molecule has 2 aromatic rings. The molecular weight excluding hydrogens is 262 g/mol. The molecule has 0 heterocycles. The predicted molar refractivity (Wildman–Crippen MR) is 83.5 cm³/mol. The molecule has 3 nitrogen and oxygen atoms in total. The van der Waals surface area contributed by atoms with Crippen molar-refractivity contribution < 1.29 is 4.92 Å². The van der Waals surface area contributed by atoms with Crippen LogP contribution in [0.3, 0.4) is 0 Å². The Morgan fingerprint density at radius 3 is 2.33 bits per heavy atom. The monoisotopic (exact) mass is 279 g/mol. The second kappa shape index (κ2) is 5.92. The summed E-state index contributed by atoms with van der Waals surface area (Å²) >= 11 is 0. The highest BCUT2D eigenvalue weighted by molar-refractivity contribution is 5.52. The average molecular weight is 279 g/mol. The van der Waals surface area contributed by atoms with Crippen molar-refractivity contribution >= 4 is 6.08 Å². The third-order valence-electron chi connectivity index (χ3n) is 3.78. The highest BCUT2D eigenvalue weighted by Gasteiger charge is 2.23. The summed E-state index contributed by atoms with van der Waals surface area (Å²) in [6, 6.07) is 17.7. The summed E-state index contributed by atoms with van der Waals surface area (Å²) in [4.78, 5) is 10.9. The van der Waals surface area contributed by atoms with Crippen molar-refractivity contribution in [2.45, 2.75) is 25.2 Å². The Morgan fingerprint density at radius 2 is 1.76 bits per heavy atom. The van der Waals surface area contributed by atoms with Crippen molar-refractivity contribution in [3.05, 3.63) is 87.1 Å². The van der Waals surface area contributed by atoms with Crippen LogP contribution in [0.2, 0.25) is 0 Å². The molecule has 1 aliphatic carbocycles. The third kappa shape index (κ3) is 3.57. The van der Waals surface area contributed by atoms with Gasteiger partial charge in [0.15, 0.2) is 0 Å². The van der Waals surface area contributed by atoms with E-state index in [1.165, 1.54) is 18.4 Å². The van der Waals surface area contributed by atoms with E-state index in [2.05, 4.69) is 12.1 Å². The molecule has 3 heteroatoms. The Hall–Kier alpha value is -2.42. The second-order valence-corrected chi connectivity index (χ2v) is 5.50. The number of nitrogens with zero attached hydrogens (tertiary/aromatic N) is 1. The molecule has 0 aliphatic heterocycles. The quantitative estimate of drug-likeness (QED) is 0.600. The molecule has 0 unspecified atom stereocenters. The molecule has 106 valence electrons.